The molecule has 0 amide bonds. The van der Waals surface area contributed by atoms with E-state index in [1.807, 2.05) is 30.2 Å². The lowest BCUT2D eigenvalue weighted by Gasteiger charge is -2.23. The Hall–Kier alpha value is -1.42. The summed E-state index contributed by atoms with van der Waals surface area (Å²) in [5.74, 6) is 1.72. The predicted molar refractivity (Wildman–Crippen MR) is 69.7 cm³/mol. The lowest BCUT2D eigenvalue weighted by Crippen LogP contribution is -2.15. The highest BCUT2D eigenvalue weighted by Gasteiger charge is 2.32. The third kappa shape index (κ3) is 1.82. The van der Waals surface area contributed by atoms with Crippen LogP contribution in [0.25, 0.3) is 0 Å². The maximum absolute atomic E-state index is 9.56. The standard InChI is InChI=1S/C13H13NO2S/c15-11-2-1-8(5-12(11)16)10-6-14-7-13-9(10)3-4-17-13/h1-2,5-7,9-10,15-16H,3-4H2. The summed E-state index contributed by atoms with van der Waals surface area (Å²) >= 11 is 1.87. The summed E-state index contributed by atoms with van der Waals surface area (Å²) in [7, 11) is 0. The Kier molecular flexibility index (Phi) is 2.59. The SMILES string of the molecule is Oc1ccc(C2C=NC=C3SCCC32)cc1O. The van der Waals surface area contributed by atoms with Gasteiger partial charge in [-0.1, -0.05) is 6.07 Å². The number of fused-ring (bicyclic) bond motifs is 1. The molecule has 1 saturated heterocycles. The third-order valence-corrected chi connectivity index (χ3v) is 4.51. The molecular formula is C13H13NO2S. The average molecular weight is 247 g/mol. The van der Waals surface area contributed by atoms with E-state index >= 15 is 0 Å². The van der Waals surface area contributed by atoms with E-state index in [0.29, 0.717) is 5.92 Å². The van der Waals surface area contributed by atoms with Crippen molar-refractivity contribution in [3.05, 3.63) is 34.9 Å². The number of aliphatic imine (C=N–C) groups is 1. The van der Waals surface area contributed by atoms with Crippen LogP contribution in [0.15, 0.2) is 34.3 Å². The first-order chi connectivity index (χ1) is 8.25. The normalized spacial score (nSPS) is 26.7. The second-order valence-corrected chi connectivity index (χ2v) is 5.52. The smallest absolute Gasteiger partial charge is 0.157 e. The molecule has 2 heterocycles. The summed E-state index contributed by atoms with van der Waals surface area (Å²) in [4.78, 5) is 5.62. The highest BCUT2D eigenvalue weighted by Crippen LogP contribution is 2.46. The molecule has 0 bridgehead atoms. The lowest BCUT2D eigenvalue weighted by molar-refractivity contribution is 0.402. The Labute approximate surface area is 104 Å². The van der Waals surface area contributed by atoms with Crippen molar-refractivity contribution < 1.29 is 10.2 Å². The molecule has 2 N–H and O–H groups in total. The van der Waals surface area contributed by atoms with Crippen molar-refractivity contribution in [1.82, 2.24) is 0 Å². The van der Waals surface area contributed by atoms with Crippen LogP contribution in [0.2, 0.25) is 0 Å². The quantitative estimate of drug-likeness (QED) is 0.750. The van der Waals surface area contributed by atoms with E-state index in [2.05, 4.69) is 4.99 Å². The molecular weight excluding hydrogens is 234 g/mol. The molecule has 1 fully saturated rings. The van der Waals surface area contributed by atoms with Crippen LogP contribution in [0, 0.1) is 5.92 Å². The highest BCUT2D eigenvalue weighted by molar-refractivity contribution is 8.03. The minimum Gasteiger partial charge on any atom is -0.504 e. The number of allylic oxidation sites excluding steroid dienone is 1. The summed E-state index contributed by atoms with van der Waals surface area (Å²) in [6.07, 6.45) is 5.03. The van der Waals surface area contributed by atoms with Crippen LogP contribution in [-0.4, -0.2) is 22.2 Å². The van der Waals surface area contributed by atoms with E-state index in [4.69, 9.17) is 0 Å². The molecule has 17 heavy (non-hydrogen) atoms. The minimum absolute atomic E-state index is 0.0577. The van der Waals surface area contributed by atoms with Gasteiger partial charge in [-0.25, -0.2) is 0 Å². The van der Waals surface area contributed by atoms with Crippen molar-refractivity contribution >= 4 is 18.0 Å². The van der Waals surface area contributed by atoms with Crippen LogP contribution in [-0.2, 0) is 0 Å². The second kappa shape index (κ2) is 4.11. The minimum atomic E-state index is -0.0712. The largest absolute Gasteiger partial charge is 0.504 e. The second-order valence-electron chi connectivity index (χ2n) is 4.35. The molecule has 1 aromatic carbocycles. The maximum atomic E-state index is 9.56. The average Bonchev–Trinajstić information content (AvgIpc) is 2.80. The molecule has 0 radical (unpaired) electrons. The Bertz CT molecular complexity index is 510. The van der Waals surface area contributed by atoms with Gasteiger partial charge in [-0.2, -0.15) is 0 Å². The fourth-order valence-electron chi connectivity index (χ4n) is 2.42. The molecule has 2 unspecified atom stereocenters. The Morgan fingerprint density at radius 1 is 1.24 bits per heavy atom. The van der Waals surface area contributed by atoms with Gasteiger partial charge in [0, 0.05) is 29.2 Å². The predicted octanol–water partition coefficient (Wildman–Crippen LogP) is 2.86. The van der Waals surface area contributed by atoms with Gasteiger partial charge in [-0.15, -0.1) is 11.8 Å². The summed E-state index contributed by atoms with van der Waals surface area (Å²) in [6.45, 7) is 0. The number of hydrogen-bond acceptors (Lipinski definition) is 4. The monoisotopic (exact) mass is 247 g/mol. The number of aromatic hydroxyl groups is 2. The number of thioether (sulfide) groups is 1. The van der Waals surface area contributed by atoms with Crippen molar-refractivity contribution in [3.8, 4) is 11.5 Å². The number of rotatable bonds is 1. The lowest BCUT2D eigenvalue weighted by atomic mass is 9.84. The summed E-state index contributed by atoms with van der Waals surface area (Å²) in [5, 5.41) is 18.9. The van der Waals surface area contributed by atoms with Gasteiger partial charge < -0.3 is 10.2 Å². The van der Waals surface area contributed by atoms with Gasteiger partial charge in [0.25, 0.3) is 0 Å². The number of phenolic OH excluding ortho intramolecular Hbond substituents is 2. The van der Waals surface area contributed by atoms with Gasteiger partial charge >= 0.3 is 0 Å². The van der Waals surface area contributed by atoms with E-state index < -0.39 is 0 Å². The molecule has 2 aliphatic rings. The Balaban J connectivity index is 1.96. The number of phenols is 2. The van der Waals surface area contributed by atoms with Crippen molar-refractivity contribution in [2.75, 3.05) is 5.75 Å². The zero-order chi connectivity index (χ0) is 11.8. The summed E-state index contributed by atoms with van der Waals surface area (Å²) < 4.78 is 0. The first-order valence-corrected chi connectivity index (χ1v) is 6.62. The fourth-order valence-corrected chi connectivity index (χ4v) is 3.64. The van der Waals surface area contributed by atoms with Gasteiger partial charge in [-0.3, -0.25) is 4.99 Å². The van der Waals surface area contributed by atoms with E-state index in [9.17, 15) is 10.2 Å². The molecule has 0 saturated carbocycles. The number of hydrogen-bond donors (Lipinski definition) is 2. The first kappa shape index (κ1) is 10.7. The van der Waals surface area contributed by atoms with E-state index in [1.165, 1.54) is 4.91 Å². The molecule has 3 nitrogen and oxygen atoms in total. The molecule has 2 atom stereocenters. The van der Waals surface area contributed by atoms with Gasteiger partial charge in [0.1, 0.15) is 0 Å². The van der Waals surface area contributed by atoms with Crippen molar-refractivity contribution in [2.24, 2.45) is 10.9 Å². The van der Waals surface area contributed by atoms with Crippen LogP contribution in [0.5, 0.6) is 11.5 Å². The van der Waals surface area contributed by atoms with Crippen LogP contribution >= 0.6 is 11.8 Å². The molecule has 0 spiro atoms. The molecule has 2 aliphatic heterocycles. The van der Waals surface area contributed by atoms with Crippen molar-refractivity contribution in [1.29, 1.82) is 0 Å². The maximum Gasteiger partial charge on any atom is 0.157 e. The van der Waals surface area contributed by atoms with Crippen molar-refractivity contribution in [2.45, 2.75) is 12.3 Å². The molecule has 0 aliphatic carbocycles. The van der Waals surface area contributed by atoms with Crippen LogP contribution in [0.3, 0.4) is 0 Å². The van der Waals surface area contributed by atoms with Gasteiger partial charge in [-0.05, 0) is 29.9 Å². The van der Waals surface area contributed by atoms with E-state index in [-0.39, 0.29) is 17.4 Å². The van der Waals surface area contributed by atoms with E-state index in [0.717, 1.165) is 17.7 Å². The van der Waals surface area contributed by atoms with Crippen LogP contribution in [0.4, 0.5) is 0 Å². The highest BCUT2D eigenvalue weighted by atomic mass is 32.2. The molecule has 4 heteroatoms. The zero-order valence-electron chi connectivity index (χ0n) is 9.21. The van der Waals surface area contributed by atoms with Crippen LogP contribution < -0.4 is 0 Å². The zero-order valence-corrected chi connectivity index (χ0v) is 10.0. The molecule has 0 aromatic heterocycles. The topological polar surface area (TPSA) is 52.8 Å². The number of nitrogens with zero attached hydrogens (tertiary/aromatic N) is 1. The molecule has 3 rings (SSSR count). The summed E-state index contributed by atoms with van der Waals surface area (Å²) in [6, 6.07) is 5.04. The Morgan fingerprint density at radius 2 is 2.12 bits per heavy atom. The van der Waals surface area contributed by atoms with Crippen molar-refractivity contribution in [3.63, 3.8) is 0 Å². The van der Waals surface area contributed by atoms with Gasteiger partial charge in [0.2, 0.25) is 0 Å². The van der Waals surface area contributed by atoms with Gasteiger partial charge in [0.05, 0.1) is 0 Å². The third-order valence-electron chi connectivity index (χ3n) is 3.33. The fraction of sp³-hybridized carbons (Fsp3) is 0.308. The molecule has 88 valence electrons. The number of benzene rings is 1. The van der Waals surface area contributed by atoms with E-state index in [1.54, 1.807) is 12.1 Å². The summed E-state index contributed by atoms with van der Waals surface area (Å²) in [5.41, 5.74) is 1.02. The molecule has 1 aromatic rings. The first-order valence-electron chi connectivity index (χ1n) is 5.64. The Morgan fingerprint density at radius 3 is 2.94 bits per heavy atom. The van der Waals surface area contributed by atoms with Crippen LogP contribution in [0.1, 0.15) is 17.9 Å². The van der Waals surface area contributed by atoms with Gasteiger partial charge in [0.15, 0.2) is 11.5 Å².